The molecule has 3 unspecified atom stereocenters. The Labute approximate surface area is 136 Å². The van der Waals surface area contributed by atoms with E-state index in [1.54, 1.807) is 0 Å². The zero-order valence-corrected chi connectivity index (χ0v) is 15.4. The quantitative estimate of drug-likeness (QED) is 0.776. The molecule has 0 aromatic heterocycles. The smallest absolute Gasteiger partial charge is 0.407 e. The molecule has 4 nitrogen and oxygen atoms in total. The van der Waals surface area contributed by atoms with Crippen LogP contribution in [0.2, 0.25) is 0 Å². The summed E-state index contributed by atoms with van der Waals surface area (Å²) in [7, 11) is 0. The standard InChI is InChI=1S/C18H36N2O2/c1-7-14-10-8-9-11-15(14)19-12-16(13(2)3)20-17(21)22-18(4,5)6/h13-16,19H,7-12H2,1-6H3,(H,20,21). The number of alkyl carbamates (subject to hydrolysis) is 1. The predicted octanol–water partition coefficient (Wildman–Crippen LogP) is 4.09. The Morgan fingerprint density at radius 1 is 1.23 bits per heavy atom. The van der Waals surface area contributed by atoms with Gasteiger partial charge in [0.05, 0.1) is 0 Å². The zero-order valence-electron chi connectivity index (χ0n) is 15.4. The lowest BCUT2D eigenvalue weighted by atomic mass is 9.82. The van der Waals surface area contributed by atoms with Crippen LogP contribution in [0, 0.1) is 11.8 Å². The van der Waals surface area contributed by atoms with Gasteiger partial charge in [-0.2, -0.15) is 0 Å². The minimum atomic E-state index is -0.449. The van der Waals surface area contributed by atoms with Crippen molar-refractivity contribution in [1.82, 2.24) is 10.6 Å². The van der Waals surface area contributed by atoms with Crippen LogP contribution in [0.25, 0.3) is 0 Å². The van der Waals surface area contributed by atoms with E-state index in [4.69, 9.17) is 4.74 Å². The maximum atomic E-state index is 12.0. The van der Waals surface area contributed by atoms with Crippen molar-refractivity contribution in [2.75, 3.05) is 6.54 Å². The number of amides is 1. The van der Waals surface area contributed by atoms with E-state index in [2.05, 4.69) is 31.4 Å². The number of carbonyl (C=O) groups is 1. The average molecular weight is 312 g/mol. The molecule has 0 aliphatic heterocycles. The molecule has 0 heterocycles. The van der Waals surface area contributed by atoms with Gasteiger partial charge in [0, 0.05) is 18.6 Å². The molecule has 0 aromatic carbocycles. The van der Waals surface area contributed by atoms with Crippen LogP contribution in [-0.2, 0) is 4.74 Å². The minimum absolute atomic E-state index is 0.106. The van der Waals surface area contributed by atoms with Gasteiger partial charge in [0.1, 0.15) is 5.60 Å². The highest BCUT2D eigenvalue weighted by molar-refractivity contribution is 5.68. The van der Waals surface area contributed by atoms with Crippen molar-refractivity contribution < 1.29 is 9.53 Å². The van der Waals surface area contributed by atoms with Crippen LogP contribution < -0.4 is 10.6 Å². The summed E-state index contributed by atoms with van der Waals surface area (Å²) in [5.41, 5.74) is -0.449. The van der Waals surface area contributed by atoms with E-state index in [1.807, 2.05) is 20.8 Å². The second kappa shape index (κ2) is 8.76. The Morgan fingerprint density at radius 2 is 1.86 bits per heavy atom. The maximum Gasteiger partial charge on any atom is 0.407 e. The molecule has 0 spiro atoms. The average Bonchev–Trinajstić information content (AvgIpc) is 2.41. The summed E-state index contributed by atoms with van der Waals surface area (Å²) in [6.07, 6.45) is 6.20. The molecule has 1 amide bonds. The molecule has 0 aromatic rings. The van der Waals surface area contributed by atoms with Gasteiger partial charge in [-0.1, -0.05) is 40.0 Å². The number of rotatable bonds is 6. The minimum Gasteiger partial charge on any atom is -0.444 e. The molecular weight excluding hydrogens is 276 g/mol. The SMILES string of the molecule is CCC1CCCCC1NCC(NC(=O)OC(C)(C)C)C(C)C. The van der Waals surface area contributed by atoms with Crippen LogP contribution in [-0.4, -0.2) is 30.3 Å². The summed E-state index contributed by atoms with van der Waals surface area (Å²) < 4.78 is 5.37. The third kappa shape index (κ3) is 6.99. The number of carbonyl (C=O) groups excluding carboxylic acids is 1. The van der Waals surface area contributed by atoms with Crippen LogP contribution in [0.1, 0.15) is 73.6 Å². The maximum absolute atomic E-state index is 12.0. The van der Waals surface area contributed by atoms with Crippen molar-refractivity contribution in [2.24, 2.45) is 11.8 Å². The molecule has 1 rings (SSSR count). The van der Waals surface area contributed by atoms with Crippen LogP contribution in [0.15, 0.2) is 0 Å². The molecule has 1 aliphatic rings. The number of ether oxygens (including phenoxy) is 1. The molecule has 0 saturated heterocycles. The Bertz CT molecular complexity index is 336. The fourth-order valence-electron chi connectivity index (χ4n) is 3.16. The first kappa shape index (κ1) is 19.3. The lowest BCUT2D eigenvalue weighted by Crippen LogP contribution is -2.50. The van der Waals surface area contributed by atoms with Crippen molar-refractivity contribution in [3.05, 3.63) is 0 Å². The Morgan fingerprint density at radius 3 is 2.41 bits per heavy atom. The summed E-state index contributed by atoms with van der Waals surface area (Å²) in [5, 5.41) is 6.72. The van der Waals surface area contributed by atoms with Crippen LogP contribution >= 0.6 is 0 Å². The van der Waals surface area contributed by atoms with Crippen molar-refractivity contribution >= 4 is 6.09 Å². The zero-order chi connectivity index (χ0) is 16.8. The van der Waals surface area contributed by atoms with E-state index in [1.165, 1.54) is 32.1 Å². The highest BCUT2D eigenvalue weighted by Crippen LogP contribution is 2.26. The topological polar surface area (TPSA) is 50.4 Å². The lowest BCUT2D eigenvalue weighted by molar-refractivity contribution is 0.0487. The van der Waals surface area contributed by atoms with Gasteiger partial charge < -0.3 is 15.4 Å². The number of hydrogen-bond donors (Lipinski definition) is 2. The first-order valence-electron chi connectivity index (χ1n) is 8.95. The second-order valence-corrected chi connectivity index (χ2v) is 7.96. The molecule has 1 fully saturated rings. The summed E-state index contributed by atoms with van der Waals surface area (Å²) >= 11 is 0. The fraction of sp³-hybridized carbons (Fsp3) is 0.944. The molecule has 1 saturated carbocycles. The molecule has 3 atom stereocenters. The summed E-state index contributed by atoms with van der Waals surface area (Å²) in [4.78, 5) is 12.0. The van der Waals surface area contributed by atoms with Gasteiger partial charge in [0.15, 0.2) is 0 Å². The largest absolute Gasteiger partial charge is 0.444 e. The molecule has 4 heteroatoms. The van der Waals surface area contributed by atoms with E-state index < -0.39 is 5.60 Å². The van der Waals surface area contributed by atoms with Crippen molar-refractivity contribution in [2.45, 2.75) is 91.3 Å². The molecule has 0 radical (unpaired) electrons. The van der Waals surface area contributed by atoms with Gasteiger partial charge in [0.2, 0.25) is 0 Å². The molecule has 2 N–H and O–H groups in total. The van der Waals surface area contributed by atoms with E-state index in [-0.39, 0.29) is 12.1 Å². The van der Waals surface area contributed by atoms with Gasteiger partial charge >= 0.3 is 6.09 Å². The van der Waals surface area contributed by atoms with Gasteiger partial charge in [-0.3, -0.25) is 0 Å². The van der Waals surface area contributed by atoms with Crippen LogP contribution in [0.4, 0.5) is 4.79 Å². The Balaban J connectivity index is 2.48. The van der Waals surface area contributed by atoms with Crippen molar-refractivity contribution in [3.63, 3.8) is 0 Å². The normalized spacial score (nSPS) is 24.1. The van der Waals surface area contributed by atoms with Crippen molar-refractivity contribution in [3.8, 4) is 0 Å². The summed E-state index contributed by atoms with van der Waals surface area (Å²) in [5.74, 6) is 1.16. The third-order valence-electron chi connectivity index (χ3n) is 4.54. The predicted molar refractivity (Wildman–Crippen MR) is 92.0 cm³/mol. The number of nitrogens with one attached hydrogen (secondary N) is 2. The lowest BCUT2D eigenvalue weighted by Gasteiger charge is -2.34. The molecular formula is C18H36N2O2. The highest BCUT2D eigenvalue weighted by atomic mass is 16.6. The molecule has 1 aliphatic carbocycles. The highest BCUT2D eigenvalue weighted by Gasteiger charge is 2.26. The molecule has 22 heavy (non-hydrogen) atoms. The van der Waals surface area contributed by atoms with Gasteiger partial charge in [-0.25, -0.2) is 4.79 Å². The van der Waals surface area contributed by atoms with E-state index in [0.717, 1.165) is 12.5 Å². The Kier molecular flexibility index (Phi) is 7.67. The summed E-state index contributed by atoms with van der Waals surface area (Å²) in [6.45, 7) is 13.1. The van der Waals surface area contributed by atoms with E-state index in [9.17, 15) is 4.79 Å². The van der Waals surface area contributed by atoms with Crippen molar-refractivity contribution in [1.29, 1.82) is 0 Å². The summed E-state index contributed by atoms with van der Waals surface area (Å²) in [6, 6.07) is 0.703. The second-order valence-electron chi connectivity index (χ2n) is 7.96. The van der Waals surface area contributed by atoms with Gasteiger partial charge in [-0.05, 0) is 45.4 Å². The first-order valence-corrected chi connectivity index (χ1v) is 8.95. The van der Waals surface area contributed by atoms with E-state index in [0.29, 0.717) is 12.0 Å². The van der Waals surface area contributed by atoms with Gasteiger partial charge in [0.25, 0.3) is 0 Å². The van der Waals surface area contributed by atoms with Crippen LogP contribution in [0.3, 0.4) is 0 Å². The van der Waals surface area contributed by atoms with Gasteiger partial charge in [-0.15, -0.1) is 0 Å². The molecule has 130 valence electrons. The molecule has 0 bridgehead atoms. The third-order valence-corrected chi connectivity index (χ3v) is 4.54. The number of hydrogen-bond acceptors (Lipinski definition) is 3. The Hall–Kier alpha value is -0.770. The fourth-order valence-corrected chi connectivity index (χ4v) is 3.16. The first-order chi connectivity index (χ1) is 10.2. The monoisotopic (exact) mass is 312 g/mol. The van der Waals surface area contributed by atoms with E-state index >= 15 is 0 Å². The van der Waals surface area contributed by atoms with Crippen LogP contribution in [0.5, 0.6) is 0 Å².